The summed E-state index contributed by atoms with van der Waals surface area (Å²) in [5.74, 6) is 0.184. The van der Waals surface area contributed by atoms with E-state index in [1.807, 2.05) is 0 Å². The second-order valence-electron chi connectivity index (χ2n) is 5.85. The van der Waals surface area contributed by atoms with Crippen LogP contribution in [0.15, 0.2) is 52.0 Å². The van der Waals surface area contributed by atoms with Gasteiger partial charge in [0.2, 0.25) is 5.89 Å². The Bertz CT molecular complexity index is 995. The first-order valence-electron chi connectivity index (χ1n) is 8.01. The summed E-state index contributed by atoms with van der Waals surface area (Å²) in [6.07, 6.45) is -3.37. The van der Waals surface area contributed by atoms with Crippen LogP contribution in [0.2, 0.25) is 0 Å². The van der Waals surface area contributed by atoms with E-state index >= 15 is 0 Å². The Balaban J connectivity index is 1.76. The Morgan fingerprint density at radius 3 is 2.54 bits per heavy atom. The first-order chi connectivity index (χ1) is 13.3. The summed E-state index contributed by atoms with van der Waals surface area (Å²) in [5.41, 5.74) is 0.335. The van der Waals surface area contributed by atoms with Gasteiger partial charge in [0.1, 0.15) is 29.6 Å². The second kappa shape index (κ2) is 7.71. The van der Waals surface area contributed by atoms with Crippen molar-refractivity contribution < 1.29 is 31.9 Å². The smallest absolute Gasteiger partial charge is 0.416 e. The van der Waals surface area contributed by atoms with Gasteiger partial charge in [-0.05, 0) is 43.3 Å². The van der Waals surface area contributed by atoms with Crippen LogP contribution in [0.1, 0.15) is 22.6 Å². The van der Waals surface area contributed by atoms with E-state index in [4.69, 9.17) is 14.4 Å². The molecule has 0 aliphatic carbocycles. The van der Waals surface area contributed by atoms with Gasteiger partial charge in [-0.3, -0.25) is 0 Å². The Morgan fingerprint density at radius 1 is 1.18 bits per heavy atom. The number of alkyl halides is 3. The maximum Gasteiger partial charge on any atom is 0.416 e. The van der Waals surface area contributed by atoms with Gasteiger partial charge in [0, 0.05) is 17.2 Å². The molecule has 28 heavy (non-hydrogen) atoms. The van der Waals surface area contributed by atoms with E-state index in [0.717, 1.165) is 30.5 Å². The Hall–Kier alpha value is -3.36. The highest BCUT2D eigenvalue weighted by atomic mass is 19.4. The van der Waals surface area contributed by atoms with Gasteiger partial charge in [0.05, 0.1) is 11.8 Å². The summed E-state index contributed by atoms with van der Waals surface area (Å²) < 4.78 is 62.5. The minimum Gasteiger partial charge on any atom is -0.487 e. The van der Waals surface area contributed by atoms with Crippen molar-refractivity contribution in [2.24, 2.45) is 5.16 Å². The normalized spacial score (nSPS) is 11.9. The molecule has 0 spiro atoms. The summed E-state index contributed by atoms with van der Waals surface area (Å²) in [6.45, 7) is 1.59. The highest BCUT2D eigenvalue weighted by molar-refractivity contribution is 5.79. The molecule has 0 fully saturated rings. The third-order valence-corrected chi connectivity index (χ3v) is 3.83. The number of hydrogen-bond acceptors (Lipinski definition) is 5. The van der Waals surface area contributed by atoms with Crippen LogP contribution in [0.5, 0.6) is 5.75 Å². The minimum atomic E-state index is -4.42. The average Bonchev–Trinajstić information content (AvgIpc) is 3.00. The van der Waals surface area contributed by atoms with E-state index in [1.54, 1.807) is 6.92 Å². The van der Waals surface area contributed by atoms with Gasteiger partial charge in [0.15, 0.2) is 0 Å². The van der Waals surface area contributed by atoms with Crippen molar-refractivity contribution in [3.63, 3.8) is 0 Å². The van der Waals surface area contributed by atoms with Gasteiger partial charge in [-0.2, -0.15) is 13.2 Å². The molecule has 0 radical (unpaired) electrons. The molecule has 146 valence electrons. The fourth-order valence-corrected chi connectivity index (χ4v) is 2.45. The molecular weight excluding hydrogens is 380 g/mol. The molecule has 0 bridgehead atoms. The van der Waals surface area contributed by atoms with Crippen molar-refractivity contribution in [3.8, 4) is 17.2 Å². The highest BCUT2D eigenvalue weighted by Crippen LogP contribution is 2.31. The van der Waals surface area contributed by atoms with Gasteiger partial charge in [-0.15, -0.1) is 0 Å². The second-order valence-corrected chi connectivity index (χ2v) is 5.85. The maximum absolute atomic E-state index is 13.6. The first kappa shape index (κ1) is 19.4. The minimum absolute atomic E-state index is 0.0465. The summed E-state index contributed by atoms with van der Waals surface area (Å²) >= 11 is 0. The van der Waals surface area contributed by atoms with Gasteiger partial charge < -0.3 is 14.4 Å². The lowest BCUT2D eigenvalue weighted by Gasteiger charge is -2.06. The zero-order valence-corrected chi connectivity index (χ0v) is 14.5. The molecule has 9 heteroatoms. The molecule has 0 saturated heterocycles. The number of nitrogens with zero attached hydrogens (tertiary/aromatic N) is 2. The van der Waals surface area contributed by atoms with Crippen LogP contribution in [0.3, 0.4) is 0 Å². The monoisotopic (exact) mass is 394 g/mol. The van der Waals surface area contributed by atoms with E-state index in [0.29, 0.717) is 22.6 Å². The lowest BCUT2D eigenvalue weighted by molar-refractivity contribution is -0.137. The quantitative estimate of drug-likeness (QED) is 0.280. The lowest BCUT2D eigenvalue weighted by atomic mass is 10.1. The predicted octanol–water partition coefficient (Wildman–Crippen LogP) is 5.20. The molecule has 2 aromatic carbocycles. The van der Waals surface area contributed by atoms with Crippen molar-refractivity contribution >= 4 is 6.21 Å². The number of benzene rings is 2. The first-order valence-corrected chi connectivity index (χ1v) is 8.01. The molecule has 1 heterocycles. The van der Waals surface area contributed by atoms with E-state index in [2.05, 4.69) is 10.1 Å². The van der Waals surface area contributed by atoms with Gasteiger partial charge in [0.25, 0.3) is 0 Å². The number of halogens is 4. The molecule has 0 atom stereocenters. The number of ether oxygens (including phenoxy) is 1. The Kier molecular flexibility index (Phi) is 5.34. The van der Waals surface area contributed by atoms with Crippen LogP contribution >= 0.6 is 0 Å². The van der Waals surface area contributed by atoms with E-state index in [1.165, 1.54) is 18.2 Å². The molecule has 0 aliphatic rings. The number of aromatic nitrogens is 1. The zero-order chi connectivity index (χ0) is 20.3. The third-order valence-electron chi connectivity index (χ3n) is 3.83. The van der Waals surface area contributed by atoms with E-state index in [9.17, 15) is 17.6 Å². The number of oxime groups is 1. The van der Waals surface area contributed by atoms with Crippen molar-refractivity contribution in [2.75, 3.05) is 0 Å². The van der Waals surface area contributed by atoms with Crippen molar-refractivity contribution in [2.45, 2.75) is 19.7 Å². The summed E-state index contributed by atoms with van der Waals surface area (Å²) in [7, 11) is 0. The maximum atomic E-state index is 13.6. The van der Waals surface area contributed by atoms with Crippen LogP contribution in [0, 0.1) is 12.7 Å². The SMILES string of the molecule is Cc1oc(-c2ccc(C(F)(F)F)cc2)nc1COc1cc(F)cc(/C=N/O)c1. The summed E-state index contributed by atoms with van der Waals surface area (Å²) in [4.78, 5) is 4.24. The highest BCUT2D eigenvalue weighted by Gasteiger charge is 2.30. The van der Waals surface area contributed by atoms with Crippen LogP contribution in [-0.2, 0) is 12.8 Å². The van der Waals surface area contributed by atoms with Crippen LogP contribution < -0.4 is 4.74 Å². The van der Waals surface area contributed by atoms with E-state index in [-0.39, 0.29) is 18.2 Å². The van der Waals surface area contributed by atoms with Crippen molar-refractivity contribution in [1.82, 2.24) is 4.98 Å². The molecule has 1 aromatic heterocycles. The topological polar surface area (TPSA) is 67.9 Å². The fourth-order valence-electron chi connectivity index (χ4n) is 2.45. The third kappa shape index (κ3) is 4.48. The van der Waals surface area contributed by atoms with Crippen LogP contribution in [0.25, 0.3) is 11.5 Å². The Morgan fingerprint density at radius 2 is 1.89 bits per heavy atom. The number of hydrogen-bond donors (Lipinski definition) is 1. The average molecular weight is 394 g/mol. The van der Waals surface area contributed by atoms with Crippen LogP contribution in [-0.4, -0.2) is 16.4 Å². The predicted molar refractivity (Wildman–Crippen MR) is 91.8 cm³/mol. The lowest BCUT2D eigenvalue weighted by Crippen LogP contribution is -2.04. The van der Waals surface area contributed by atoms with Crippen molar-refractivity contribution in [3.05, 3.63) is 70.9 Å². The molecule has 0 amide bonds. The Labute approximate surface area is 156 Å². The molecule has 0 aliphatic heterocycles. The summed E-state index contributed by atoms with van der Waals surface area (Å²) in [5, 5.41) is 11.4. The molecule has 0 unspecified atom stereocenters. The standard InChI is InChI=1S/C19H14F4N2O3/c1-11-17(10-27-16-7-12(9-24-26)6-15(20)8-16)25-18(28-11)13-2-4-14(5-3-13)19(21,22)23/h2-9,26H,10H2,1H3/b24-9+. The largest absolute Gasteiger partial charge is 0.487 e. The molecule has 3 rings (SSSR count). The zero-order valence-electron chi connectivity index (χ0n) is 14.5. The van der Waals surface area contributed by atoms with E-state index < -0.39 is 17.6 Å². The van der Waals surface area contributed by atoms with Crippen LogP contribution in [0.4, 0.5) is 17.6 Å². The summed E-state index contributed by atoms with van der Waals surface area (Å²) in [6, 6.07) is 8.22. The van der Waals surface area contributed by atoms with Gasteiger partial charge >= 0.3 is 6.18 Å². The molecule has 0 saturated carbocycles. The fraction of sp³-hybridized carbons (Fsp3) is 0.158. The molecule has 3 aromatic rings. The number of oxazole rings is 1. The molecular formula is C19H14F4N2O3. The number of rotatable bonds is 5. The molecule has 1 N–H and O–H groups in total. The molecule has 5 nitrogen and oxygen atoms in total. The number of aryl methyl sites for hydroxylation is 1. The van der Waals surface area contributed by atoms with Gasteiger partial charge in [-0.25, -0.2) is 9.37 Å². The van der Waals surface area contributed by atoms with Crippen molar-refractivity contribution in [1.29, 1.82) is 0 Å². The van der Waals surface area contributed by atoms with Gasteiger partial charge in [-0.1, -0.05) is 5.16 Å².